The summed E-state index contributed by atoms with van der Waals surface area (Å²) in [5.41, 5.74) is 1.83. The number of fused-ring (bicyclic) bond motifs is 1. The summed E-state index contributed by atoms with van der Waals surface area (Å²) < 4.78 is 24.9. The van der Waals surface area contributed by atoms with E-state index < -0.39 is 0 Å². The van der Waals surface area contributed by atoms with Gasteiger partial charge in [0.1, 0.15) is 23.9 Å². The summed E-state index contributed by atoms with van der Waals surface area (Å²) in [5, 5.41) is 0. The highest BCUT2D eigenvalue weighted by Crippen LogP contribution is 2.39. The van der Waals surface area contributed by atoms with Crippen LogP contribution in [0.3, 0.4) is 0 Å². The number of benzene rings is 3. The monoisotopic (exact) mass is 445 g/mol. The SMILES string of the molecule is O=C(CN1C[C@H]2C[C@H](Oc3ccc(F)cc3)C[C@H]2C1)c1ccc(OCc2ccccc2)cc1. The molecule has 0 spiro atoms. The number of likely N-dealkylation sites (tertiary alicyclic amines) is 1. The molecule has 2 aliphatic rings. The predicted molar refractivity (Wildman–Crippen MR) is 125 cm³/mol. The standard InChI is InChI=1S/C28H28FNO3/c29-24-8-12-26(13-9-24)33-27-14-22-16-30(17-23(22)15-27)18-28(31)21-6-10-25(11-7-21)32-19-20-4-2-1-3-5-20/h1-13,22-23,27H,14-19H2/t22-,23+,27+. The van der Waals surface area contributed by atoms with Gasteiger partial charge in [0.15, 0.2) is 5.78 Å². The fourth-order valence-electron chi connectivity index (χ4n) is 5.04. The first-order valence-electron chi connectivity index (χ1n) is 11.6. The maximum Gasteiger partial charge on any atom is 0.176 e. The molecule has 0 N–H and O–H groups in total. The van der Waals surface area contributed by atoms with Gasteiger partial charge in [0.25, 0.3) is 0 Å². The third kappa shape index (κ3) is 5.42. The Morgan fingerprint density at radius 2 is 1.48 bits per heavy atom. The van der Waals surface area contributed by atoms with Crippen molar-refractivity contribution in [2.24, 2.45) is 11.8 Å². The second-order valence-electron chi connectivity index (χ2n) is 9.10. The van der Waals surface area contributed by atoms with Gasteiger partial charge < -0.3 is 9.47 Å². The van der Waals surface area contributed by atoms with Gasteiger partial charge in [-0.15, -0.1) is 0 Å². The second kappa shape index (κ2) is 9.75. The summed E-state index contributed by atoms with van der Waals surface area (Å²) in [6, 6.07) is 23.7. The number of ketones is 1. The van der Waals surface area contributed by atoms with Gasteiger partial charge in [-0.3, -0.25) is 9.69 Å². The van der Waals surface area contributed by atoms with Crippen LogP contribution in [0.25, 0.3) is 0 Å². The summed E-state index contributed by atoms with van der Waals surface area (Å²) in [4.78, 5) is 15.1. The number of hydrogen-bond donors (Lipinski definition) is 0. The Labute approximate surface area is 193 Å². The van der Waals surface area contributed by atoms with Crippen LogP contribution in [-0.2, 0) is 6.61 Å². The highest BCUT2D eigenvalue weighted by molar-refractivity contribution is 5.97. The average Bonchev–Trinajstić information content (AvgIpc) is 3.38. The first-order valence-corrected chi connectivity index (χ1v) is 11.6. The molecule has 1 saturated heterocycles. The molecule has 0 amide bonds. The van der Waals surface area contributed by atoms with Crippen molar-refractivity contribution in [1.29, 1.82) is 0 Å². The minimum Gasteiger partial charge on any atom is -0.490 e. The average molecular weight is 446 g/mol. The van der Waals surface area contributed by atoms with Crippen LogP contribution in [0.2, 0.25) is 0 Å². The summed E-state index contributed by atoms with van der Waals surface area (Å²) >= 11 is 0. The van der Waals surface area contributed by atoms with E-state index in [0.29, 0.717) is 25.0 Å². The summed E-state index contributed by atoms with van der Waals surface area (Å²) in [5.74, 6) is 2.49. The van der Waals surface area contributed by atoms with Crippen LogP contribution < -0.4 is 9.47 Å². The van der Waals surface area contributed by atoms with E-state index in [4.69, 9.17) is 9.47 Å². The lowest BCUT2D eigenvalue weighted by atomic mass is 10.0. The summed E-state index contributed by atoms with van der Waals surface area (Å²) in [6.45, 7) is 2.81. The maximum atomic E-state index is 13.1. The minimum absolute atomic E-state index is 0.142. The molecule has 170 valence electrons. The zero-order valence-corrected chi connectivity index (χ0v) is 18.5. The minimum atomic E-state index is -0.250. The molecule has 33 heavy (non-hydrogen) atoms. The van der Waals surface area contributed by atoms with Gasteiger partial charge in [0, 0.05) is 18.7 Å². The van der Waals surface area contributed by atoms with Crippen LogP contribution in [0.5, 0.6) is 11.5 Å². The first-order chi connectivity index (χ1) is 16.1. The number of carbonyl (C=O) groups is 1. The van der Waals surface area contributed by atoms with Crippen molar-refractivity contribution in [2.75, 3.05) is 19.6 Å². The van der Waals surface area contributed by atoms with Gasteiger partial charge in [-0.1, -0.05) is 30.3 Å². The molecule has 5 heteroatoms. The Hall–Kier alpha value is -3.18. The van der Waals surface area contributed by atoms with Crippen LogP contribution in [0.4, 0.5) is 4.39 Å². The molecule has 1 saturated carbocycles. The Balaban J connectivity index is 1.08. The Morgan fingerprint density at radius 1 is 0.848 bits per heavy atom. The molecular weight excluding hydrogens is 417 g/mol. The van der Waals surface area contributed by atoms with Crippen molar-refractivity contribution in [1.82, 2.24) is 4.90 Å². The fourth-order valence-corrected chi connectivity index (χ4v) is 5.04. The second-order valence-corrected chi connectivity index (χ2v) is 9.10. The van der Waals surface area contributed by atoms with E-state index in [1.54, 1.807) is 12.1 Å². The largest absolute Gasteiger partial charge is 0.490 e. The van der Waals surface area contributed by atoms with Gasteiger partial charge in [0.05, 0.1) is 12.6 Å². The molecular formula is C28H28FNO3. The smallest absolute Gasteiger partial charge is 0.176 e. The molecule has 1 heterocycles. The van der Waals surface area contributed by atoms with E-state index in [9.17, 15) is 9.18 Å². The Bertz CT molecular complexity index is 1050. The molecule has 3 aromatic rings. The maximum absolute atomic E-state index is 13.1. The van der Waals surface area contributed by atoms with E-state index in [1.165, 1.54) is 12.1 Å². The molecule has 5 rings (SSSR count). The molecule has 1 aliphatic heterocycles. The Morgan fingerprint density at radius 3 is 2.15 bits per heavy atom. The molecule has 0 unspecified atom stereocenters. The van der Waals surface area contributed by atoms with E-state index in [1.807, 2.05) is 54.6 Å². The van der Waals surface area contributed by atoms with Crippen molar-refractivity contribution >= 4 is 5.78 Å². The number of ether oxygens (including phenoxy) is 2. The lowest BCUT2D eigenvalue weighted by Gasteiger charge is -2.19. The van der Waals surface area contributed by atoms with Crippen molar-refractivity contribution < 1.29 is 18.7 Å². The lowest BCUT2D eigenvalue weighted by molar-refractivity contribution is 0.0936. The molecule has 3 atom stereocenters. The van der Waals surface area contributed by atoms with Crippen molar-refractivity contribution in [2.45, 2.75) is 25.6 Å². The Kier molecular flexibility index (Phi) is 6.40. The molecule has 0 radical (unpaired) electrons. The van der Waals surface area contributed by atoms with Crippen LogP contribution in [0.1, 0.15) is 28.8 Å². The van der Waals surface area contributed by atoms with Gasteiger partial charge in [-0.2, -0.15) is 0 Å². The van der Waals surface area contributed by atoms with Crippen LogP contribution in [0, 0.1) is 17.7 Å². The number of halogens is 1. The van der Waals surface area contributed by atoms with Crippen molar-refractivity contribution in [3.05, 3.63) is 95.8 Å². The number of hydrogen-bond acceptors (Lipinski definition) is 4. The fraction of sp³-hybridized carbons (Fsp3) is 0.321. The van der Waals surface area contributed by atoms with Crippen molar-refractivity contribution in [3.63, 3.8) is 0 Å². The van der Waals surface area contributed by atoms with E-state index in [0.717, 1.165) is 48.6 Å². The third-order valence-electron chi connectivity index (χ3n) is 6.69. The van der Waals surface area contributed by atoms with Gasteiger partial charge in [-0.05, 0) is 78.8 Å². The number of rotatable bonds is 8. The topological polar surface area (TPSA) is 38.8 Å². The number of Topliss-reactive ketones (excluding diaryl/α,β-unsaturated/α-hetero) is 1. The highest BCUT2D eigenvalue weighted by atomic mass is 19.1. The van der Waals surface area contributed by atoms with Crippen molar-refractivity contribution in [3.8, 4) is 11.5 Å². The molecule has 4 nitrogen and oxygen atoms in total. The van der Waals surface area contributed by atoms with Crippen LogP contribution >= 0.6 is 0 Å². The third-order valence-corrected chi connectivity index (χ3v) is 6.69. The highest BCUT2D eigenvalue weighted by Gasteiger charge is 2.42. The number of carbonyl (C=O) groups excluding carboxylic acids is 1. The van der Waals surface area contributed by atoms with E-state index in [2.05, 4.69) is 4.90 Å². The van der Waals surface area contributed by atoms with Gasteiger partial charge in [-0.25, -0.2) is 4.39 Å². The van der Waals surface area contributed by atoms with Gasteiger partial charge in [0.2, 0.25) is 0 Å². The lowest BCUT2D eigenvalue weighted by Crippen LogP contribution is -2.30. The zero-order valence-electron chi connectivity index (χ0n) is 18.5. The quantitative estimate of drug-likeness (QED) is 0.437. The van der Waals surface area contributed by atoms with E-state index >= 15 is 0 Å². The normalized spacial score (nSPS) is 22.2. The molecule has 0 aromatic heterocycles. The van der Waals surface area contributed by atoms with E-state index in [-0.39, 0.29) is 17.7 Å². The molecule has 0 bridgehead atoms. The number of nitrogens with zero attached hydrogens (tertiary/aromatic N) is 1. The molecule has 2 fully saturated rings. The van der Waals surface area contributed by atoms with Crippen LogP contribution in [0.15, 0.2) is 78.9 Å². The molecule has 1 aliphatic carbocycles. The van der Waals surface area contributed by atoms with Crippen LogP contribution in [-0.4, -0.2) is 36.4 Å². The predicted octanol–water partition coefficient (Wildman–Crippen LogP) is 5.38. The zero-order chi connectivity index (χ0) is 22.6. The summed E-state index contributed by atoms with van der Waals surface area (Å²) in [6.07, 6.45) is 2.15. The van der Waals surface area contributed by atoms with Gasteiger partial charge >= 0.3 is 0 Å². The first kappa shape index (κ1) is 21.7. The summed E-state index contributed by atoms with van der Waals surface area (Å²) in [7, 11) is 0. The molecule has 3 aromatic carbocycles.